The molecule has 0 aliphatic carbocycles. The summed E-state index contributed by atoms with van der Waals surface area (Å²) in [6.45, 7) is 2.80. The van der Waals surface area contributed by atoms with Gasteiger partial charge in [-0.25, -0.2) is 0 Å². The van der Waals surface area contributed by atoms with E-state index in [1.54, 1.807) is 6.07 Å². The molecule has 82 valence electrons. The van der Waals surface area contributed by atoms with E-state index in [4.69, 9.17) is 33.7 Å². The molecule has 3 nitrogen and oxygen atoms in total. The maximum absolute atomic E-state index is 6.08. The topological polar surface area (TPSA) is 38.5 Å². The van der Waals surface area contributed by atoms with Gasteiger partial charge in [0.25, 0.3) is 0 Å². The van der Waals surface area contributed by atoms with Gasteiger partial charge in [0.1, 0.15) is 11.1 Å². The summed E-state index contributed by atoms with van der Waals surface area (Å²) in [6, 6.07) is 1.79. The van der Waals surface area contributed by atoms with Crippen LogP contribution in [0.2, 0.25) is 10.0 Å². The first-order valence-corrected chi connectivity index (χ1v) is 5.41. The zero-order valence-corrected chi connectivity index (χ0v) is 10.1. The molecule has 1 unspecified atom stereocenters. The third kappa shape index (κ3) is 1.70. The molecule has 1 aromatic carbocycles. The molecule has 1 aliphatic rings. The monoisotopic (exact) mass is 246 g/mol. The highest BCUT2D eigenvalue weighted by molar-refractivity contribution is 6.45. The predicted octanol–water partition coefficient (Wildman–Crippen LogP) is 2.79. The van der Waals surface area contributed by atoms with Gasteiger partial charge in [-0.05, 0) is 13.0 Å². The molecular weight excluding hydrogens is 235 g/mol. The lowest BCUT2D eigenvalue weighted by Gasteiger charge is -2.33. The largest absolute Gasteiger partial charge is 0.485 e. The van der Waals surface area contributed by atoms with E-state index in [1.807, 2.05) is 14.0 Å². The number of hydrogen-bond acceptors (Lipinski definition) is 3. The van der Waals surface area contributed by atoms with Crippen LogP contribution in [0.4, 0.5) is 11.4 Å². The number of ether oxygens (including phenoxy) is 1. The number of benzene rings is 1. The Bertz CT molecular complexity index is 409. The van der Waals surface area contributed by atoms with E-state index >= 15 is 0 Å². The number of halogens is 2. The number of nitrogens with two attached hydrogens (primary N) is 1. The fourth-order valence-electron chi connectivity index (χ4n) is 1.73. The van der Waals surface area contributed by atoms with Gasteiger partial charge in [-0.3, -0.25) is 0 Å². The number of nitrogen functional groups attached to an aromatic ring is 1. The van der Waals surface area contributed by atoms with Gasteiger partial charge >= 0.3 is 0 Å². The van der Waals surface area contributed by atoms with E-state index < -0.39 is 0 Å². The van der Waals surface area contributed by atoms with Crippen molar-refractivity contribution in [2.24, 2.45) is 0 Å². The van der Waals surface area contributed by atoms with Crippen molar-refractivity contribution in [3.63, 3.8) is 0 Å². The summed E-state index contributed by atoms with van der Waals surface area (Å²) < 4.78 is 5.66. The van der Waals surface area contributed by atoms with E-state index in [1.165, 1.54) is 0 Å². The van der Waals surface area contributed by atoms with Crippen molar-refractivity contribution in [3.8, 4) is 5.75 Å². The molecule has 0 spiro atoms. The second-order valence-corrected chi connectivity index (χ2v) is 4.51. The third-order valence-corrected chi connectivity index (χ3v) is 3.30. The van der Waals surface area contributed by atoms with Gasteiger partial charge in [0.15, 0.2) is 5.75 Å². The zero-order chi connectivity index (χ0) is 11.2. The van der Waals surface area contributed by atoms with Gasteiger partial charge in [-0.1, -0.05) is 23.2 Å². The molecule has 1 heterocycles. The third-order valence-electron chi connectivity index (χ3n) is 2.43. The van der Waals surface area contributed by atoms with Crippen molar-refractivity contribution in [1.29, 1.82) is 0 Å². The van der Waals surface area contributed by atoms with Crippen LogP contribution in [0.25, 0.3) is 0 Å². The zero-order valence-electron chi connectivity index (χ0n) is 8.55. The normalized spacial score (nSPS) is 19.7. The summed E-state index contributed by atoms with van der Waals surface area (Å²) in [5.41, 5.74) is 7.11. The molecule has 0 fully saturated rings. The lowest BCUT2D eigenvalue weighted by atomic mass is 10.2. The average molecular weight is 247 g/mol. The molecule has 0 amide bonds. The lowest BCUT2D eigenvalue weighted by Crippen LogP contribution is -2.35. The first kappa shape index (κ1) is 10.7. The smallest absolute Gasteiger partial charge is 0.163 e. The SMILES string of the molecule is CC1CN(C)c2cc(N)c(Cl)c(Cl)c2O1. The van der Waals surface area contributed by atoms with Gasteiger partial charge in [-0.2, -0.15) is 0 Å². The fraction of sp³-hybridized carbons (Fsp3) is 0.400. The Kier molecular flexibility index (Phi) is 2.61. The number of nitrogens with zero attached hydrogens (tertiary/aromatic N) is 1. The number of fused-ring (bicyclic) bond motifs is 1. The molecule has 1 aromatic rings. The van der Waals surface area contributed by atoms with Crippen LogP contribution >= 0.6 is 23.2 Å². The van der Waals surface area contributed by atoms with Crippen molar-refractivity contribution in [2.75, 3.05) is 24.2 Å². The van der Waals surface area contributed by atoms with Crippen LogP contribution < -0.4 is 15.4 Å². The van der Waals surface area contributed by atoms with Crippen LogP contribution in [-0.4, -0.2) is 19.7 Å². The van der Waals surface area contributed by atoms with Gasteiger partial charge in [0, 0.05) is 7.05 Å². The van der Waals surface area contributed by atoms with Crippen LogP contribution in [-0.2, 0) is 0 Å². The second kappa shape index (κ2) is 3.65. The molecular formula is C10H12Cl2N2O. The number of rotatable bonds is 0. The standard InChI is InChI=1S/C10H12Cl2N2O/c1-5-4-14(2)7-3-6(13)8(11)9(12)10(7)15-5/h3,5H,4,13H2,1-2H3. The second-order valence-electron chi connectivity index (χ2n) is 3.75. The highest BCUT2D eigenvalue weighted by atomic mass is 35.5. The van der Waals surface area contributed by atoms with Crippen LogP contribution in [0.15, 0.2) is 6.07 Å². The van der Waals surface area contributed by atoms with Crippen molar-refractivity contribution >= 4 is 34.6 Å². The van der Waals surface area contributed by atoms with Crippen molar-refractivity contribution in [2.45, 2.75) is 13.0 Å². The summed E-state index contributed by atoms with van der Waals surface area (Å²) in [6.07, 6.45) is 0.0969. The molecule has 2 rings (SSSR count). The molecule has 2 N–H and O–H groups in total. The van der Waals surface area contributed by atoms with Crippen molar-refractivity contribution in [3.05, 3.63) is 16.1 Å². The first-order chi connectivity index (χ1) is 7.00. The van der Waals surface area contributed by atoms with Crippen LogP contribution in [0, 0.1) is 0 Å². The molecule has 0 saturated heterocycles. The van der Waals surface area contributed by atoms with E-state index in [0.717, 1.165) is 12.2 Å². The molecule has 5 heteroatoms. The fourth-order valence-corrected chi connectivity index (χ4v) is 2.12. The molecule has 0 saturated carbocycles. The van der Waals surface area contributed by atoms with E-state index in [-0.39, 0.29) is 6.10 Å². The Morgan fingerprint density at radius 2 is 2.13 bits per heavy atom. The van der Waals surface area contributed by atoms with Gasteiger partial charge in [0.2, 0.25) is 0 Å². The molecule has 1 aliphatic heterocycles. The van der Waals surface area contributed by atoms with Gasteiger partial charge in [-0.15, -0.1) is 0 Å². The predicted molar refractivity (Wildman–Crippen MR) is 64.2 cm³/mol. The average Bonchev–Trinajstić information content (AvgIpc) is 2.17. The molecule has 1 atom stereocenters. The summed E-state index contributed by atoms with van der Waals surface area (Å²) in [5, 5.41) is 0.753. The Labute approximate surface area is 98.7 Å². The minimum absolute atomic E-state index is 0.0969. The van der Waals surface area contributed by atoms with Crippen molar-refractivity contribution < 1.29 is 4.74 Å². The van der Waals surface area contributed by atoms with Crippen molar-refractivity contribution in [1.82, 2.24) is 0 Å². The number of hydrogen-bond donors (Lipinski definition) is 1. The molecule has 0 aromatic heterocycles. The van der Waals surface area contributed by atoms with E-state index in [2.05, 4.69) is 4.90 Å². The number of anilines is 2. The summed E-state index contributed by atoms with van der Waals surface area (Å²) in [7, 11) is 1.97. The highest BCUT2D eigenvalue weighted by Crippen LogP contribution is 2.45. The van der Waals surface area contributed by atoms with Gasteiger partial charge in [0.05, 0.1) is 22.9 Å². The molecule has 15 heavy (non-hydrogen) atoms. The highest BCUT2D eigenvalue weighted by Gasteiger charge is 2.25. The Morgan fingerprint density at radius 3 is 2.80 bits per heavy atom. The van der Waals surface area contributed by atoms with Crippen LogP contribution in [0.5, 0.6) is 5.75 Å². The quantitative estimate of drug-likeness (QED) is 0.716. The van der Waals surface area contributed by atoms with E-state index in [0.29, 0.717) is 21.5 Å². The minimum atomic E-state index is 0.0969. The van der Waals surface area contributed by atoms with Crippen LogP contribution in [0.3, 0.4) is 0 Å². The van der Waals surface area contributed by atoms with E-state index in [9.17, 15) is 0 Å². The Balaban J connectivity index is 2.60. The maximum Gasteiger partial charge on any atom is 0.163 e. The maximum atomic E-state index is 6.08. The Hall–Kier alpha value is -0.800. The lowest BCUT2D eigenvalue weighted by molar-refractivity contribution is 0.215. The van der Waals surface area contributed by atoms with Gasteiger partial charge < -0.3 is 15.4 Å². The summed E-state index contributed by atoms with van der Waals surface area (Å²) in [4.78, 5) is 2.06. The number of likely N-dealkylation sites (N-methyl/N-ethyl adjacent to an activating group) is 1. The Morgan fingerprint density at radius 1 is 1.47 bits per heavy atom. The minimum Gasteiger partial charge on any atom is -0.485 e. The molecule has 0 bridgehead atoms. The van der Waals surface area contributed by atoms with Crippen LogP contribution in [0.1, 0.15) is 6.92 Å². The molecule has 0 radical (unpaired) electrons. The summed E-state index contributed by atoms with van der Waals surface area (Å²) in [5.74, 6) is 0.622. The summed E-state index contributed by atoms with van der Waals surface area (Å²) >= 11 is 12.0. The first-order valence-electron chi connectivity index (χ1n) is 4.66.